The van der Waals surface area contributed by atoms with Gasteiger partial charge in [-0.15, -0.1) is 0 Å². The molecule has 0 radical (unpaired) electrons. The summed E-state index contributed by atoms with van der Waals surface area (Å²) in [7, 11) is 0. The third kappa shape index (κ3) is 2.81. The molecular formula is C11H9F3N2O4. The van der Waals surface area contributed by atoms with Gasteiger partial charge in [0.2, 0.25) is 5.91 Å². The Morgan fingerprint density at radius 3 is 2.50 bits per heavy atom. The zero-order valence-corrected chi connectivity index (χ0v) is 9.82. The molecule has 0 bridgehead atoms. The van der Waals surface area contributed by atoms with Crippen LogP contribution in [0.5, 0.6) is 0 Å². The minimum atomic E-state index is -4.66. The van der Waals surface area contributed by atoms with Crippen LogP contribution >= 0.6 is 0 Å². The highest BCUT2D eigenvalue weighted by Gasteiger charge is 2.48. The number of H-pyrrole nitrogens is 1. The molecule has 1 saturated carbocycles. The van der Waals surface area contributed by atoms with E-state index in [0.717, 1.165) is 0 Å². The van der Waals surface area contributed by atoms with E-state index < -0.39 is 46.7 Å². The van der Waals surface area contributed by atoms with Crippen molar-refractivity contribution in [3.05, 3.63) is 28.2 Å². The first-order chi connectivity index (χ1) is 9.20. The second kappa shape index (κ2) is 4.66. The van der Waals surface area contributed by atoms with E-state index in [1.807, 2.05) is 10.3 Å². The van der Waals surface area contributed by atoms with E-state index in [4.69, 9.17) is 5.11 Å². The summed E-state index contributed by atoms with van der Waals surface area (Å²) in [6.45, 7) is 0. The molecule has 1 amide bonds. The maximum absolute atomic E-state index is 12.5. The number of amides is 1. The van der Waals surface area contributed by atoms with Crippen LogP contribution in [-0.2, 0) is 15.8 Å². The van der Waals surface area contributed by atoms with Crippen molar-refractivity contribution >= 4 is 17.6 Å². The molecule has 0 spiro atoms. The summed E-state index contributed by atoms with van der Waals surface area (Å²) in [6, 6.07) is 0.509. The highest BCUT2D eigenvalue weighted by molar-refractivity contribution is 5.98. The Kier molecular flexibility index (Phi) is 3.28. The molecule has 0 aliphatic heterocycles. The molecule has 1 fully saturated rings. The van der Waals surface area contributed by atoms with Crippen molar-refractivity contribution in [1.29, 1.82) is 0 Å². The molecule has 0 saturated heterocycles. The second-order valence-corrected chi connectivity index (χ2v) is 4.41. The summed E-state index contributed by atoms with van der Waals surface area (Å²) >= 11 is 0. The fraction of sp³-hybridized carbons (Fsp3) is 0.364. The summed E-state index contributed by atoms with van der Waals surface area (Å²) in [5.41, 5.74) is -2.56. The van der Waals surface area contributed by atoms with Crippen LogP contribution in [0.4, 0.5) is 18.9 Å². The molecule has 2 unspecified atom stereocenters. The summed E-state index contributed by atoms with van der Waals surface area (Å²) in [6.07, 6.45) is -4.06. The number of nitrogens with one attached hydrogen (secondary N) is 2. The lowest BCUT2D eigenvalue weighted by molar-refractivity contribution is -0.139. The molecule has 9 heteroatoms. The van der Waals surface area contributed by atoms with Crippen LogP contribution in [-0.4, -0.2) is 22.0 Å². The molecule has 6 nitrogen and oxygen atoms in total. The average Bonchev–Trinajstić information content (AvgIpc) is 3.10. The minimum absolute atomic E-state index is 0.109. The van der Waals surface area contributed by atoms with Crippen molar-refractivity contribution in [3.8, 4) is 0 Å². The molecule has 108 valence electrons. The van der Waals surface area contributed by atoms with Gasteiger partial charge in [-0.1, -0.05) is 0 Å². The van der Waals surface area contributed by atoms with E-state index >= 15 is 0 Å². The number of aliphatic carboxylic acids is 1. The number of hydrogen-bond acceptors (Lipinski definition) is 3. The smallest absolute Gasteiger partial charge is 0.417 e. The quantitative estimate of drug-likeness (QED) is 0.774. The molecule has 1 aromatic heterocycles. The number of anilines is 1. The van der Waals surface area contributed by atoms with Gasteiger partial charge in [0.15, 0.2) is 0 Å². The number of carboxylic acids is 1. The van der Waals surface area contributed by atoms with Gasteiger partial charge in [0.1, 0.15) is 5.69 Å². The first-order valence-electron chi connectivity index (χ1n) is 5.53. The standard InChI is InChI=1S/C11H9F3N2O4/c12-11(13,14)4-1-7(9(18)15-3-4)16-8(17)5-2-6(5)10(19)20/h1,3,5-6H,2H2,(H,15,18)(H,16,17)(H,19,20). The monoisotopic (exact) mass is 290 g/mol. The lowest BCUT2D eigenvalue weighted by atomic mass is 10.2. The number of pyridine rings is 1. The predicted molar refractivity (Wildman–Crippen MR) is 59.9 cm³/mol. The lowest BCUT2D eigenvalue weighted by Gasteiger charge is -2.08. The Labute approximate surface area is 109 Å². The Hall–Kier alpha value is -2.32. The second-order valence-electron chi connectivity index (χ2n) is 4.41. The van der Waals surface area contributed by atoms with E-state index in [1.165, 1.54) is 0 Å². The Balaban J connectivity index is 2.16. The molecule has 2 rings (SSSR count). The molecule has 1 heterocycles. The van der Waals surface area contributed by atoms with Gasteiger partial charge in [0.05, 0.1) is 17.4 Å². The number of alkyl halides is 3. The van der Waals surface area contributed by atoms with Crippen molar-refractivity contribution in [1.82, 2.24) is 4.98 Å². The highest BCUT2D eigenvalue weighted by Crippen LogP contribution is 2.39. The zero-order chi connectivity index (χ0) is 15.1. The number of aromatic nitrogens is 1. The van der Waals surface area contributed by atoms with Crippen molar-refractivity contribution < 1.29 is 27.9 Å². The number of carbonyl (C=O) groups is 2. The summed E-state index contributed by atoms with van der Waals surface area (Å²) < 4.78 is 37.4. The number of rotatable bonds is 3. The molecular weight excluding hydrogens is 281 g/mol. The average molecular weight is 290 g/mol. The normalized spacial score (nSPS) is 21.4. The lowest BCUT2D eigenvalue weighted by Crippen LogP contribution is -2.23. The molecule has 20 heavy (non-hydrogen) atoms. The number of hydrogen-bond donors (Lipinski definition) is 3. The van der Waals surface area contributed by atoms with Gasteiger partial charge >= 0.3 is 12.1 Å². The first kappa shape index (κ1) is 14.1. The van der Waals surface area contributed by atoms with E-state index in [-0.39, 0.29) is 6.42 Å². The molecule has 0 aromatic carbocycles. The molecule has 1 aliphatic rings. The molecule has 1 aromatic rings. The van der Waals surface area contributed by atoms with Gasteiger partial charge in [0.25, 0.3) is 5.56 Å². The van der Waals surface area contributed by atoms with E-state index in [9.17, 15) is 27.6 Å². The zero-order valence-electron chi connectivity index (χ0n) is 9.82. The van der Waals surface area contributed by atoms with Crippen molar-refractivity contribution in [2.45, 2.75) is 12.6 Å². The van der Waals surface area contributed by atoms with Gasteiger partial charge < -0.3 is 15.4 Å². The third-order valence-corrected chi connectivity index (χ3v) is 2.93. The fourth-order valence-electron chi connectivity index (χ4n) is 1.72. The van der Waals surface area contributed by atoms with E-state index in [2.05, 4.69) is 0 Å². The maximum atomic E-state index is 12.5. The van der Waals surface area contributed by atoms with Crippen LogP contribution in [0.25, 0.3) is 0 Å². The summed E-state index contributed by atoms with van der Waals surface area (Å²) in [5.74, 6) is -3.59. The number of carbonyl (C=O) groups excluding carboxylic acids is 1. The van der Waals surface area contributed by atoms with Crippen LogP contribution in [0.2, 0.25) is 0 Å². The SMILES string of the molecule is O=C(O)C1CC1C(=O)Nc1cc(C(F)(F)F)c[nH]c1=O. The van der Waals surface area contributed by atoms with Gasteiger partial charge in [0, 0.05) is 6.20 Å². The number of carboxylic acid groups (broad SMARTS) is 1. The van der Waals surface area contributed by atoms with Gasteiger partial charge in [-0.3, -0.25) is 14.4 Å². The topological polar surface area (TPSA) is 99.3 Å². The summed E-state index contributed by atoms with van der Waals surface area (Å²) in [5, 5.41) is 10.7. The molecule has 1 aliphatic carbocycles. The summed E-state index contributed by atoms with van der Waals surface area (Å²) in [4.78, 5) is 35.4. The van der Waals surface area contributed by atoms with E-state index in [0.29, 0.717) is 12.3 Å². The first-order valence-corrected chi connectivity index (χ1v) is 5.53. The largest absolute Gasteiger partial charge is 0.481 e. The van der Waals surface area contributed by atoms with Crippen molar-refractivity contribution in [3.63, 3.8) is 0 Å². The molecule has 2 atom stereocenters. The number of halogens is 3. The van der Waals surface area contributed by atoms with Crippen LogP contribution in [0.3, 0.4) is 0 Å². The van der Waals surface area contributed by atoms with Crippen LogP contribution in [0.1, 0.15) is 12.0 Å². The van der Waals surface area contributed by atoms with Gasteiger partial charge in [-0.2, -0.15) is 13.2 Å². The fourth-order valence-corrected chi connectivity index (χ4v) is 1.72. The van der Waals surface area contributed by atoms with E-state index in [1.54, 1.807) is 0 Å². The minimum Gasteiger partial charge on any atom is -0.481 e. The Bertz CT molecular complexity index is 623. The maximum Gasteiger partial charge on any atom is 0.417 e. The Morgan fingerprint density at radius 2 is 2.00 bits per heavy atom. The number of aromatic amines is 1. The van der Waals surface area contributed by atoms with Crippen LogP contribution in [0.15, 0.2) is 17.1 Å². The highest BCUT2D eigenvalue weighted by atomic mass is 19.4. The van der Waals surface area contributed by atoms with Crippen molar-refractivity contribution in [2.75, 3.05) is 5.32 Å². The predicted octanol–water partition coefficient (Wildman–Crippen LogP) is 1.05. The Morgan fingerprint density at radius 1 is 1.35 bits per heavy atom. The van der Waals surface area contributed by atoms with Crippen LogP contribution in [0, 0.1) is 11.8 Å². The van der Waals surface area contributed by atoms with Crippen LogP contribution < -0.4 is 10.9 Å². The van der Waals surface area contributed by atoms with Crippen molar-refractivity contribution in [2.24, 2.45) is 11.8 Å². The third-order valence-electron chi connectivity index (χ3n) is 2.93. The van der Waals surface area contributed by atoms with Gasteiger partial charge in [-0.25, -0.2) is 0 Å². The molecule has 3 N–H and O–H groups in total. The van der Waals surface area contributed by atoms with Gasteiger partial charge in [-0.05, 0) is 12.5 Å².